The van der Waals surface area contributed by atoms with E-state index in [2.05, 4.69) is 5.32 Å². The van der Waals surface area contributed by atoms with Gasteiger partial charge in [0.1, 0.15) is 12.2 Å². The van der Waals surface area contributed by atoms with Crippen LogP contribution in [-0.2, 0) is 33.5 Å². The van der Waals surface area contributed by atoms with Gasteiger partial charge in [0.25, 0.3) is 0 Å². The van der Waals surface area contributed by atoms with E-state index in [0.717, 1.165) is 11.6 Å². The van der Waals surface area contributed by atoms with Crippen LogP contribution in [0.4, 0.5) is 23.7 Å². The molecule has 9 heteroatoms. The van der Waals surface area contributed by atoms with E-state index >= 15 is 0 Å². The normalized spacial score (nSPS) is 11.7. The molecule has 0 aliphatic heterocycles. The summed E-state index contributed by atoms with van der Waals surface area (Å²) in [6.45, 7) is 4.92. The van der Waals surface area contributed by atoms with Gasteiger partial charge in [0.15, 0.2) is 0 Å². The molecule has 0 spiro atoms. The third kappa shape index (κ3) is 7.79. The summed E-state index contributed by atoms with van der Waals surface area (Å²) in [5.41, 5.74) is -1.15. The maximum atomic E-state index is 13.2. The highest BCUT2D eigenvalue weighted by atomic mass is 35.5. The molecule has 0 fully saturated rings. The minimum absolute atomic E-state index is 0.0105. The van der Waals surface area contributed by atoms with Gasteiger partial charge in [-0.3, -0.25) is 10.1 Å². The predicted molar refractivity (Wildman–Crippen MR) is 111 cm³/mol. The number of rotatable bonds is 6. The van der Waals surface area contributed by atoms with Crippen LogP contribution in [-0.4, -0.2) is 17.7 Å². The van der Waals surface area contributed by atoms with Crippen LogP contribution in [0.2, 0.25) is 5.02 Å². The number of halogens is 4. The van der Waals surface area contributed by atoms with Crippen molar-refractivity contribution in [3.63, 3.8) is 0 Å². The lowest BCUT2D eigenvalue weighted by Crippen LogP contribution is -2.28. The number of aryl methyl sites for hydroxylation is 1. The summed E-state index contributed by atoms with van der Waals surface area (Å²) in [4.78, 5) is 24.2. The molecule has 2 aromatic rings. The molecule has 5 nitrogen and oxygen atoms in total. The van der Waals surface area contributed by atoms with E-state index in [1.165, 1.54) is 6.07 Å². The SMILES string of the molecule is CC(C)(C)OC(=O)Nc1c(CCC(=O)OCc2ccccc2)ccc(C(F)(F)F)c1Cl. The Kier molecular flexibility index (Phi) is 7.95. The van der Waals surface area contributed by atoms with E-state index in [0.29, 0.717) is 0 Å². The molecule has 0 bridgehead atoms. The maximum Gasteiger partial charge on any atom is 0.417 e. The Morgan fingerprint density at radius 3 is 2.26 bits per heavy atom. The fourth-order valence-electron chi connectivity index (χ4n) is 2.63. The van der Waals surface area contributed by atoms with Crippen LogP contribution in [0.25, 0.3) is 0 Å². The smallest absolute Gasteiger partial charge is 0.417 e. The second-order valence-electron chi connectivity index (χ2n) is 7.73. The quantitative estimate of drug-likeness (QED) is 0.511. The van der Waals surface area contributed by atoms with Crippen molar-refractivity contribution in [3.05, 3.63) is 64.2 Å². The van der Waals surface area contributed by atoms with E-state index in [1.54, 1.807) is 32.9 Å². The Morgan fingerprint density at radius 1 is 1.03 bits per heavy atom. The molecule has 0 aromatic heterocycles. The number of benzene rings is 2. The summed E-state index contributed by atoms with van der Waals surface area (Å²) < 4.78 is 50.0. The van der Waals surface area contributed by atoms with Gasteiger partial charge in [-0.1, -0.05) is 48.0 Å². The first-order valence-corrected chi connectivity index (χ1v) is 9.83. The fourth-order valence-corrected chi connectivity index (χ4v) is 2.97. The van der Waals surface area contributed by atoms with Crippen LogP contribution in [0.3, 0.4) is 0 Å². The van der Waals surface area contributed by atoms with Gasteiger partial charge in [0, 0.05) is 6.42 Å². The first-order valence-electron chi connectivity index (χ1n) is 9.45. The number of alkyl halides is 3. The van der Waals surface area contributed by atoms with Crippen LogP contribution < -0.4 is 5.32 Å². The molecule has 0 aliphatic carbocycles. The van der Waals surface area contributed by atoms with Crippen molar-refractivity contribution in [2.24, 2.45) is 0 Å². The fraction of sp³-hybridized carbons (Fsp3) is 0.364. The van der Waals surface area contributed by atoms with E-state index in [4.69, 9.17) is 21.1 Å². The van der Waals surface area contributed by atoms with Crippen LogP contribution in [0.5, 0.6) is 0 Å². The van der Waals surface area contributed by atoms with Crippen LogP contribution in [0.15, 0.2) is 42.5 Å². The summed E-state index contributed by atoms with van der Waals surface area (Å²) in [5.74, 6) is -0.539. The molecule has 2 aromatic carbocycles. The monoisotopic (exact) mass is 457 g/mol. The molecule has 168 valence electrons. The zero-order valence-electron chi connectivity index (χ0n) is 17.3. The molecule has 0 saturated carbocycles. The number of ether oxygens (including phenoxy) is 2. The van der Waals surface area contributed by atoms with Gasteiger partial charge in [-0.15, -0.1) is 0 Å². The Bertz CT molecular complexity index is 925. The van der Waals surface area contributed by atoms with Crippen LogP contribution in [0, 0.1) is 0 Å². The zero-order valence-corrected chi connectivity index (χ0v) is 18.1. The molecule has 0 heterocycles. The molecule has 1 amide bonds. The topological polar surface area (TPSA) is 64.6 Å². The van der Waals surface area contributed by atoms with Gasteiger partial charge >= 0.3 is 18.2 Å². The third-order valence-electron chi connectivity index (χ3n) is 4.00. The average Bonchev–Trinajstić information content (AvgIpc) is 2.65. The Balaban J connectivity index is 2.16. The van der Waals surface area contributed by atoms with Crippen molar-refractivity contribution in [2.75, 3.05) is 5.32 Å². The predicted octanol–water partition coefficient (Wildman–Crippen LogP) is 6.38. The van der Waals surface area contributed by atoms with E-state index in [1.807, 2.05) is 18.2 Å². The van der Waals surface area contributed by atoms with Crippen molar-refractivity contribution in [1.82, 2.24) is 0 Å². The number of hydrogen-bond donors (Lipinski definition) is 1. The molecule has 0 radical (unpaired) electrons. The number of carbonyl (C=O) groups is 2. The van der Waals surface area contributed by atoms with Crippen molar-refractivity contribution in [2.45, 2.75) is 52.0 Å². The number of amides is 1. The standard InChI is InChI=1S/C22H23ClF3NO4/c1-21(2,3)31-20(29)27-19-15(9-11-16(18(19)23)22(24,25)26)10-12-17(28)30-13-14-7-5-4-6-8-14/h4-9,11H,10,12-13H2,1-3H3,(H,27,29). The van der Waals surface area contributed by atoms with E-state index < -0.39 is 34.4 Å². The van der Waals surface area contributed by atoms with Crippen molar-refractivity contribution >= 4 is 29.4 Å². The largest absolute Gasteiger partial charge is 0.461 e. The lowest BCUT2D eigenvalue weighted by Gasteiger charge is -2.22. The molecular formula is C22H23ClF3NO4. The average molecular weight is 458 g/mol. The van der Waals surface area contributed by atoms with Crippen molar-refractivity contribution in [1.29, 1.82) is 0 Å². The summed E-state index contributed by atoms with van der Waals surface area (Å²) in [6, 6.07) is 11.0. The van der Waals surface area contributed by atoms with E-state index in [-0.39, 0.29) is 30.7 Å². The molecule has 2 rings (SSSR count). The molecule has 0 aliphatic rings. The minimum atomic E-state index is -4.71. The Labute approximate surface area is 183 Å². The maximum absolute atomic E-state index is 13.2. The van der Waals surface area contributed by atoms with Crippen LogP contribution >= 0.6 is 11.6 Å². The highest BCUT2D eigenvalue weighted by Crippen LogP contribution is 2.40. The minimum Gasteiger partial charge on any atom is -0.461 e. The summed E-state index contributed by atoms with van der Waals surface area (Å²) >= 11 is 5.96. The van der Waals surface area contributed by atoms with Gasteiger partial charge in [0.05, 0.1) is 16.3 Å². The first kappa shape index (κ1) is 24.5. The number of carbonyl (C=O) groups excluding carboxylic acids is 2. The molecule has 0 unspecified atom stereocenters. The number of nitrogens with one attached hydrogen (secondary N) is 1. The second kappa shape index (κ2) is 10.0. The first-order chi connectivity index (χ1) is 14.4. The molecule has 1 N–H and O–H groups in total. The lowest BCUT2D eigenvalue weighted by atomic mass is 10.0. The third-order valence-corrected chi connectivity index (χ3v) is 4.39. The highest BCUT2D eigenvalue weighted by molar-refractivity contribution is 6.34. The van der Waals surface area contributed by atoms with Gasteiger partial charge in [-0.25, -0.2) is 4.79 Å². The summed E-state index contributed by atoms with van der Waals surface area (Å²) in [5, 5.41) is 1.61. The Morgan fingerprint density at radius 2 is 1.68 bits per heavy atom. The second-order valence-corrected chi connectivity index (χ2v) is 8.11. The van der Waals surface area contributed by atoms with Gasteiger partial charge in [-0.2, -0.15) is 13.2 Å². The lowest BCUT2D eigenvalue weighted by molar-refractivity contribution is -0.145. The molecule has 31 heavy (non-hydrogen) atoms. The highest BCUT2D eigenvalue weighted by Gasteiger charge is 2.35. The van der Waals surface area contributed by atoms with Gasteiger partial charge in [0.2, 0.25) is 0 Å². The van der Waals surface area contributed by atoms with Crippen LogP contribution in [0.1, 0.15) is 43.9 Å². The zero-order chi connectivity index (χ0) is 23.2. The number of esters is 1. The number of hydrogen-bond acceptors (Lipinski definition) is 4. The molecular weight excluding hydrogens is 435 g/mol. The van der Waals surface area contributed by atoms with Gasteiger partial charge in [-0.05, 0) is 44.4 Å². The van der Waals surface area contributed by atoms with Crippen molar-refractivity contribution in [3.8, 4) is 0 Å². The van der Waals surface area contributed by atoms with Gasteiger partial charge < -0.3 is 9.47 Å². The number of anilines is 1. The summed E-state index contributed by atoms with van der Waals surface area (Å²) in [7, 11) is 0. The Hall–Kier alpha value is -2.74. The van der Waals surface area contributed by atoms with Crippen molar-refractivity contribution < 1.29 is 32.2 Å². The molecule has 0 saturated heterocycles. The summed E-state index contributed by atoms with van der Waals surface area (Å²) in [6.07, 6.45) is -5.77. The molecule has 0 atom stereocenters. The van der Waals surface area contributed by atoms with E-state index in [9.17, 15) is 22.8 Å².